The highest BCUT2D eigenvalue weighted by atomic mass is 16.1. The first-order valence-corrected chi connectivity index (χ1v) is 4.37. The molecule has 0 aromatic heterocycles. The van der Waals surface area contributed by atoms with Crippen LogP contribution in [0.5, 0.6) is 0 Å². The van der Waals surface area contributed by atoms with Crippen molar-refractivity contribution in [3.8, 4) is 6.07 Å². The van der Waals surface area contributed by atoms with Crippen LogP contribution < -0.4 is 5.32 Å². The van der Waals surface area contributed by atoms with Gasteiger partial charge < -0.3 is 10.2 Å². The molecule has 0 aliphatic carbocycles. The third-order valence-corrected chi connectivity index (χ3v) is 1.59. The number of hydrogen-bond acceptors (Lipinski definition) is 3. The van der Waals surface area contributed by atoms with Crippen molar-refractivity contribution in [3.05, 3.63) is 0 Å². The van der Waals surface area contributed by atoms with Crippen molar-refractivity contribution >= 4 is 5.91 Å². The maximum Gasteiger partial charge on any atom is 0.221 e. The van der Waals surface area contributed by atoms with Gasteiger partial charge in [0, 0.05) is 19.5 Å². The normalized spacial score (nSPS) is 12.2. The molecule has 0 saturated heterocycles. The second-order valence-corrected chi connectivity index (χ2v) is 3.39. The molecule has 0 aliphatic heterocycles. The van der Waals surface area contributed by atoms with E-state index in [9.17, 15) is 4.79 Å². The van der Waals surface area contributed by atoms with Crippen molar-refractivity contribution in [2.75, 3.05) is 27.2 Å². The Morgan fingerprint density at radius 2 is 2.23 bits per heavy atom. The van der Waals surface area contributed by atoms with Gasteiger partial charge in [0.2, 0.25) is 5.91 Å². The molecule has 0 aliphatic rings. The van der Waals surface area contributed by atoms with Crippen molar-refractivity contribution in [2.45, 2.75) is 13.3 Å². The van der Waals surface area contributed by atoms with E-state index in [1.54, 1.807) is 6.92 Å². The number of likely N-dealkylation sites (N-methyl/N-ethyl adjacent to an activating group) is 1. The van der Waals surface area contributed by atoms with E-state index in [-0.39, 0.29) is 11.8 Å². The van der Waals surface area contributed by atoms with Crippen LogP contribution in [0, 0.1) is 17.2 Å². The third kappa shape index (κ3) is 7.29. The van der Waals surface area contributed by atoms with Gasteiger partial charge in [0.15, 0.2) is 0 Å². The van der Waals surface area contributed by atoms with Crippen LogP contribution in [0.4, 0.5) is 0 Å². The molecular formula is C9H17N3O. The van der Waals surface area contributed by atoms with Gasteiger partial charge in [0.05, 0.1) is 12.0 Å². The van der Waals surface area contributed by atoms with Crippen LogP contribution in [0.25, 0.3) is 0 Å². The first kappa shape index (κ1) is 11.9. The number of hydrogen-bond donors (Lipinski definition) is 1. The maximum atomic E-state index is 11.1. The van der Waals surface area contributed by atoms with Crippen molar-refractivity contribution < 1.29 is 4.79 Å². The second-order valence-electron chi connectivity index (χ2n) is 3.39. The number of amides is 1. The Morgan fingerprint density at radius 3 is 2.69 bits per heavy atom. The summed E-state index contributed by atoms with van der Waals surface area (Å²) in [4.78, 5) is 13.1. The fourth-order valence-electron chi connectivity index (χ4n) is 0.815. The van der Waals surface area contributed by atoms with Gasteiger partial charge in [-0.05, 0) is 21.0 Å². The Morgan fingerprint density at radius 1 is 1.62 bits per heavy atom. The number of nitrogens with one attached hydrogen (secondary N) is 1. The van der Waals surface area contributed by atoms with Gasteiger partial charge in [0.25, 0.3) is 0 Å². The van der Waals surface area contributed by atoms with Crippen molar-refractivity contribution in [3.63, 3.8) is 0 Å². The van der Waals surface area contributed by atoms with Gasteiger partial charge in [-0.3, -0.25) is 4.79 Å². The van der Waals surface area contributed by atoms with E-state index in [2.05, 4.69) is 5.32 Å². The van der Waals surface area contributed by atoms with Gasteiger partial charge >= 0.3 is 0 Å². The lowest BCUT2D eigenvalue weighted by molar-refractivity contribution is -0.121. The average Bonchev–Trinajstić information content (AvgIpc) is 2.03. The summed E-state index contributed by atoms with van der Waals surface area (Å²) in [6.45, 7) is 3.21. The van der Waals surface area contributed by atoms with E-state index in [0.29, 0.717) is 13.0 Å². The Kier molecular flexibility index (Phi) is 5.90. The quantitative estimate of drug-likeness (QED) is 0.663. The molecule has 0 heterocycles. The lowest BCUT2D eigenvalue weighted by Crippen LogP contribution is -2.31. The van der Waals surface area contributed by atoms with Crippen LogP contribution in [0.1, 0.15) is 13.3 Å². The predicted octanol–water partition coefficient (Wildman–Crippen LogP) is 0.214. The number of nitrogens with zero attached hydrogens (tertiary/aromatic N) is 2. The summed E-state index contributed by atoms with van der Waals surface area (Å²) in [7, 11) is 3.90. The summed E-state index contributed by atoms with van der Waals surface area (Å²) in [5.41, 5.74) is 0. The summed E-state index contributed by atoms with van der Waals surface area (Å²) in [5, 5.41) is 11.2. The Labute approximate surface area is 79.5 Å². The zero-order valence-electron chi connectivity index (χ0n) is 8.50. The highest BCUT2D eigenvalue weighted by Gasteiger charge is 2.06. The molecule has 74 valence electrons. The Balaban J connectivity index is 3.48. The number of rotatable bonds is 5. The minimum Gasteiger partial charge on any atom is -0.355 e. The minimum absolute atomic E-state index is 0.0455. The minimum atomic E-state index is -0.195. The highest BCUT2D eigenvalue weighted by molar-refractivity contribution is 5.76. The second kappa shape index (κ2) is 6.44. The summed E-state index contributed by atoms with van der Waals surface area (Å²) >= 11 is 0. The molecule has 4 nitrogen and oxygen atoms in total. The standard InChI is InChI=1S/C9H17N3O/c1-8(7-10)6-9(13)11-4-5-12(2)3/h8H,4-6H2,1-3H3,(H,11,13). The van der Waals surface area contributed by atoms with E-state index in [0.717, 1.165) is 6.54 Å². The highest BCUT2D eigenvalue weighted by Crippen LogP contribution is 1.97. The molecule has 1 unspecified atom stereocenters. The largest absolute Gasteiger partial charge is 0.355 e. The Hall–Kier alpha value is -1.08. The van der Waals surface area contributed by atoms with Gasteiger partial charge in [-0.2, -0.15) is 5.26 Å². The van der Waals surface area contributed by atoms with E-state index < -0.39 is 0 Å². The molecule has 1 amide bonds. The molecule has 0 spiro atoms. The van der Waals surface area contributed by atoms with Gasteiger partial charge in [0.1, 0.15) is 0 Å². The number of carbonyl (C=O) groups excluding carboxylic acids is 1. The van der Waals surface area contributed by atoms with Crippen LogP contribution in [-0.4, -0.2) is 38.0 Å². The summed E-state index contributed by atoms with van der Waals surface area (Å²) in [5.74, 6) is -0.241. The lowest BCUT2D eigenvalue weighted by atomic mass is 10.1. The zero-order valence-corrected chi connectivity index (χ0v) is 8.50. The maximum absolute atomic E-state index is 11.1. The molecule has 0 radical (unpaired) electrons. The van der Waals surface area contributed by atoms with Crippen LogP contribution in [0.3, 0.4) is 0 Å². The monoisotopic (exact) mass is 183 g/mol. The first-order valence-electron chi connectivity index (χ1n) is 4.37. The first-order chi connectivity index (χ1) is 6.06. The molecule has 0 aromatic rings. The van der Waals surface area contributed by atoms with Crippen LogP contribution in [0.15, 0.2) is 0 Å². The predicted molar refractivity (Wildman–Crippen MR) is 51.0 cm³/mol. The fourth-order valence-corrected chi connectivity index (χ4v) is 0.815. The molecule has 0 bridgehead atoms. The van der Waals surface area contributed by atoms with Crippen LogP contribution in [0.2, 0.25) is 0 Å². The molecule has 13 heavy (non-hydrogen) atoms. The molecular weight excluding hydrogens is 166 g/mol. The summed E-state index contributed by atoms with van der Waals surface area (Å²) < 4.78 is 0. The van der Waals surface area contributed by atoms with E-state index in [1.807, 2.05) is 25.1 Å². The lowest BCUT2D eigenvalue weighted by Gasteiger charge is -2.10. The molecule has 1 N–H and O–H groups in total. The third-order valence-electron chi connectivity index (χ3n) is 1.59. The van der Waals surface area contributed by atoms with Crippen LogP contribution >= 0.6 is 0 Å². The van der Waals surface area contributed by atoms with E-state index >= 15 is 0 Å². The number of nitriles is 1. The number of carbonyl (C=O) groups is 1. The average molecular weight is 183 g/mol. The molecule has 4 heteroatoms. The fraction of sp³-hybridized carbons (Fsp3) is 0.778. The van der Waals surface area contributed by atoms with Crippen molar-refractivity contribution in [2.24, 2.45) is 5.92 Å². The Bertz CT molecular complexity index is 196. The van der Waals surface area contributed by atoms with Gasteiger partial charge in [-0.25, -0.2) is 0 Å². The summed E-state index contributed by atoms with van der Waals surface area (Å²) in [6, 6.07) is 2.02. The molecule has 0 rings (SSSR count). The van der Waals surface area contributed by atoms with Crippen molar-refractivity contribution in [1.29, 1.82) is 5.26 Å². The van der Waals surface area contributed by atoms with Crippen LogP contribution in [-0.2, 0) is 4.79 Å². The topological polar surface area (TPSA) is 56.1 Å². The molecule has 0 fully saturated rings. The van der Waals surface area contributed by atoms with E-state index in [4.69, 9.17) is 5.26 Å². The zero-order chi connectivity index (χ0) is 10.3. The van der Waals surface area contributed by atoms with E-state index in [1.165, 1.54) is 0 Å². The smallest absolute Gasteiger partial charge is 0.221 e. The van der Waals surface area contributed by atoms with Crippen molar-refractivity contribution in [1.82, 2.24) is 10.2 Å². The molecule has 0 aromatic carbocycles. The molecule has 0 saturated carbocycles. The molecule has 1 atom stereocenters. The summed E-state index contributed by atoms with van der Waals surface area (Å²) in [6.07, 6.45) is 0.296. The SMILES string of the molecule is CC(C#N)CC(=O)NCCN(C)C. The van der Waals surface area contributed by atoms with Gasteiger partial charge in [-0.1, -0.05) is 0 Å². The van der Waals surface area contributed by atoms with Gasteiger partial charge in [-0.15, -0.1) is 0 Å².